The lowest BCUT2D eigenvalue weighted by molar-refractivity contribution is 0.685. The van der Waals surface area contributed by atoms with Crippen LogP contribution in [0.15, 0.2) is 23.1 Å². The molecular weight excluding hydrogens is 192 g/mol. The first kappa shape index (κ1) is 9.87. The third-order valence-corrected chi connectivity index (χ3v) is 3.48. The van der Waals surface area contributed by atoms with Gasteiger partial charge in [0.05, 0.1) is 0 Å². The topological polar surface area (TPSA) is 38.0 Å². The van der Waals surface area contributed by atoms with Crippen molar-refractivity contribution in [3.05, 3.63) is 23.8 Å². The van der Waals surface area contributed by atoms with Gasteiger partial charge in [0.1, 0.15) is 0 Å². The molecule has 76 valence electrons. The summed E-state index contributed by atoms with van der Waals surface area (Å²) in [6.45, 7) is 1.82. The Bertz CT molecular complexity index is 323. The predicted octanol–water partition coefficient (Wildman–Crippen LogP) is 2.27. The smallest absolute Gasteiger partial charge is 0.0377 e. The molecule has 0 aromatic heterocycles. The van der Waals surface area contributed by atoms with Crippen molar-refractivity contribution in [3.63, 3.8) is 0 Å². The minimum Gasteiger partial charge on any atom is -0.384 e. The summed E-state index contributed by atoms with van der Waals surface area (Å²) in [6.07, 6.45) is 3.19. The molecule has 1 unspecified atom stereocenters. The van der Waals surface area contributed by atoms with Crippen LogP contribution in [0.4, 0.5) is 5.69 Å². The molecule has 3 N–H and O–H groups in total. The van der Waals surface area contributed by atoms with Gasteiger partial charge in [0, 0.05) is 23.0 Å². The standard InChI is InChI=1S/C11H16N2S/c1-14-9-2-3-11-10(6-9)8(4-5-12)7-13-11/h2-3,6,8,13H,4-5,7,12H2,1H3. The summed E-state index contributed by atoms with van der Waals surface area (Å²) in [4.78, 5) is 1.34. The highest BCUT2D eigenvalue weighted by molar-refractivity contribution is 7.98. The summed E-state index contributed by atoms with van der Waals surface area (Å²) in [5.41, 5.74) is 8.34. The molecule has 3 heteroatoms. The second-order valence-electron chi connectivity index (χ2n) is 3.61. The van der Waals surface area contributed by atoms with Gasteiger partial charge in [-0.3, -0.25) is 0 Å². The zero-order chi connectivity index (χ0) is 9.97. The third-order valence-electron chi connectivity index (χ3n) is 2.75. The number of rotatable bonds is 3. The van der Waals surface area contributed by atoms with Gasteiger partial charge in [-0.2, -0.15) is 0 Å². The second kappa shape index (κ2) is 4.24. The molecule has 0 saturated heterocycles. The molecule has 1 aromatic carbocycles. The molecule has 1 atom stereocenters. The Morgan fingerprint density at radius 3 is 3.14 bits per heavy atom. The van der Waals surface area contributed by atoms with E-state index in [9.17, 15) is 0 Å². The number of anilines is 1. The van der Waals surface area contributed by atoms with Crippen molar-refractivity contribution in [2.75, 3.05) is 24.7 Å². The van der Waals surface area contributed by atoms with Crippen LogP contribution in [0, 0.1) is 0 Å². The van der Waals surface area contributed by atoms with E-state index in [4.69, 9.17) is 5.73 Å². The van der Waals surface area contributed by atoms with Crippen molar-refractivity contribution in [1.29, 1.82) is 0 Å². The average Bonchev–Trinajstić information content (AvgIpc) is 2.61. The molecule has 0 bridgehead atoms. The van der Waals surface area contributed by atoms with Gasteiger partial charge in [0.15, 0.2) is 0 Å². The summed E-state index contributed by atoms with van der Waals surface area (Å²) < 4.78 is 0. The lowest BCUT2D eigenvalue weighted by atomic mass is 9.98. The number of thioether (sulfide) groups is 1. The maximum absolute atomic E-state index is 5.60. The van der Waals surface area contributed by atoms with Crippen LogP contribution in [-0.2, 0) is 0 Å². The minimum absolute atomic E-state index is 0.613. The molecule has 0 radical (unpaired) electrons. The molecule has 1 aliphatic heterocycles. The zero-order valence-electron chi connectivity index (χ0n) is 8.42. The highest BCUT2D eigenvalue weighted by atomic mass is 32.2. The van der Waals surface area contributed by atoms with E-state index in [2.05, 4.69) is 29.8 Å². The van der Waals surface area contributed by atoms with Crippen molar-refractivity contribution in [2.24, 2.45) is 5.73 Å². The van der Waals surface area contributed by atoms with Gasteiger partial charge in [0.25, 0.3) is 0 Å². The number of benzene rings is 1. The van der Waals surface area contributed by atoms with Crippen molar-refractivity contribution in [1.82, 2.24) is 0 Å². The largest absolute Gasteiger partial charge is 0.384 e. The summed E-state index contributed by atoms with van der Waals surface area (Å²) in [5.74, 6) is 0.613. The summed E-state index contributed by atoms with van der Waals surface area (Å²) in [6, 6.07) is 6.64. The molecule has 0 spiro atoms. The Morgan fingerprint density at radius 2 is 2.43 bits per heavy atom. The first-order valence-electron chi connectivity index (χ1n) is 4.97. The maximum Gasteiger partial charge on any atom is 0.0377 e. The van der Waals surface area contributed by atoms with Gasteiger partial charge in [-0.25, -0.2) is 0 Å². The summed E-state index contributed by atoms with van der Waals surface area (Å²) in [5, 5.41) is 3.42. The lowest BCUT2D eigenvalue weighted by Crippen LogP contribution is -2.08. The van der Waals surface area contributed by atoms with Crippen molar-refractivity contribution in [3.8, 4) is 0 Å². The van der Waals surface area contributed by atoms with E-state index >= 15 is 0 Å². The number of hydrogen-bond acceptors (Lipinski definition) is 3. The van der Waals surface area contributed by atoms with Crippen LogP contribution in [0.5, 0.6) is 0 Å². The molecule has 0 amide bonds. The Balaban J connectivity index is 2.27. The van der Waals surface area contributed by atoms with Crippen molar-refractivity contribution < 1.29 is 0 Å². The van der Waals surface area contributed by atoms with Crippen LogP contribution in [-0.4, -0.2) is 19.3 Å². The number of nitrogens with two attached hydrogens (primary N) is 1. The first-order chi connectivity index (χ1) is 6.85. The minimum atomic E-state index is 0.613. The van der Waals surface area contributed by atoms with Crippen LogP contribution in [0.3, 0.4) is 0 Å². The number of nitrogens with one attached hydrogen (secondary N) is 1. The van der Waals surface area contributed by atoms with Crippen LogP contribution >= 0.6 is 11.8 Å². The highest BCUT2D eigenvalue weighted by Crippen LogP contribution is 2.35. The van der Waals surface area contributed by atoms with Gasteiger partial charge in [-0.05, 0) is 43.0 Å². The number of hydrogen-bond donors (Lipinski definition) is 2. The van der Waals surface area contributed by atoms with Crippen molar-refractivity contribution in [2.45, 2.75) is 17.2 Å². The zero-order valence-corrected chi connectivity index (χ0v) is 9.23. The molecular formula is C11H16N2S. The van der Waals surface area contributed by atoms with Gasteiger partial charge >= 0.3 is 0 Å². The third kappa shape index (κ3) is 1.74. The quantitative estimate of drug-likeness (QED) is 0.748. The van der Waals surface area contributed by atoms with E-state index in [-0.39, 0.29) is 0 Å². The summed E-state index contributed by atoms with van der Waals surface area (Å²) >= 11 is 1.80. The monoisotopic (exact) mass is 208 g/mol. The first-order valence-corrected chi connectivity index (χ1v) is 6.19. The molecule has 1 heterocycles. The SMILES string of the molecule is CSc1ccc2c(c1)C(CCN)CN2. The van der Waals surface area contributed by atoms with E-state index in [1.54, 1.807) is 11.8 Å². The Hall–Kier alpha value is -0.670. The van der Waals surface area contributed by atoms with Gasteiger partial charge in [-0.1, -0.05) is 0 Å². The molecule has 0 fully saturated rings. The molecule has 0 saturated carbocycles. The fourth-order valence-corrected chi connectivity index (χ4v) is 2.42. The average molecular weight is 208 g/mol. The van der Waals surface area contributed by atoms with Gasteiger partial charge in [0.2, 0.25) is 0 Å². The number of fused-ring (bicyclic) bond motifs is 1. The molecule has 2 nitrogen and oxygen atoms in total. The molecule has 1 aromatic rings. The van der Waals surface area contributed by atoms with Crippen molar-refractivity contribution >= 4 is 17.4 Å². The van der Waals surface area contributed by atoms with Crippen LogP contribution in [0.1, 0.15) is 17.9 Å². The lowest BCUT2D eigenvalue weighted by Gasteiger charge is -2.08. The fraction of sp³-hybridized carbons (Fsp3) is 0.455. The van der Waals surface area contributed by atoms with Crippen LogP contribution in [0.2, 0.25) is 0 Å². The van der Waals surface area contributed by atoms with Gasteiger partial charge < -0.3 is 11.1 Å². The van der Waals surface area contributed by atoms with E-state index in [0.717, 1.165) is 19.5 Å². The normalized spacial score (nSPS) is 19.1. The molecule has 14 heavy (non-hydrogen) atoms. The van der Waals surface area contributed by atoms with E-state index in [1.165, 1.54) is 16.1 Å². The Kier molecular flexibility index (Phi) is 2.99. The van der Waals surface area contributed by atoms with E-state index in [1.807, 2.05) is 0 Å². The summed E-state index contributed by atoms with van der Waals surface area (Å²) in [7, 11) is 0. The predicted molar refractivity (Wildman–Crippen MR) is 63.1 cm³/mol. The maximum atomic E-state index is 5.60. The molecule has 1 aliphatic rings. The molecule has 2 rings (SSSR count). The fourth-order valence-electron chi connectivity index (χ4n) is 1.97. The van der Waals surface area contributed by atoms with Crippen LogP contribution in [0.25, 0.3) is 0 Å². The second-order valence-corrected chi connectivity index (χ2v) is 4.49. The van der Waals surface area contributed by atoms with E-state index in [0.29, 0.717) is 5.92 Å². The van der Waals surface area contributed by atoms with E-state index < -0.39 is 0 Å². The van der Waals surface area contributed by atoms with Gasteiger partial charge in [-0.15, -0.1) is 11.8 Å². The van der Waals surface area contributed by atoms with Crippen LogP contribution < -0.4 is 11.1 Å². The molecule has 0 aliphatic carbocycles. The Morgan fingerprint density at radius 1 is 1.57 bits per heavy atom. The highest BCUT2D eigenvalue weighted by Gasteiger charge is 2.21. The Labute approximate surface area is 89.3 Å².